The molecule has 0 unspecified atom stereocenters. The van der Waals surface area contributed by atoms with Crippen LogP contribution in [-0.4, -0.2) is 32.1 Å². The van der Waals surface area contributed by atoms with E-state index < -0.39 is 20.9 Å². The number of hydrogen-bond acceptors (Lipinski definition) is 6. The summed E-state index contributed by atoms with van der Waals surface area (Å²) in [7, 11) is -3.44. The summed E-state index contributed by atoms with van der Waals surface area (Å²) >= 11 is 0. The normalized spacial score (nSPS) is 10.8. The molecule has 0 spiro atoms. The minimum atomic E-state index is -3.44. The van der Waals surface area contributed by atoms with Crippen molar-refractivity contribution in [2.24, 2.45) is 0 Å². The van der Waals surface area contributed by atoms with Gasteiger partial charge < -0.3 is 10.1 Å². The number of benzene rings is 2. The highest BCUT2D eigenvalue weighted by Crippen LogP contribution is 2.19. The average Bonchev–Trinajstić information content (AvgIpc) is 2.58. The Bertz CT molecular complexity index is 914. The molecule has 0 saturated heterocycles. The zero-order valence-electron chi connectivity index (χ0n) is 13.8. The van der Waals surface area contributed by atoms with E-state index in [2.05, 4.69) is 10.0 Å². The van der Waals surface area contributed by atoms with Crippen molar-refractivity contribution in [3.63, 3.8) is 0 Å². The van der Waals surface area contributed by atoms with E-state index in [9.17, 15) is 23.3 Å². The van der Waals surface area contributed by atoms with Crippen molar-refractivity contribution < 1.29 is 22.9 Å². The molecule has 26 heavy (non-hydrogen) atoms. The summed E-state index contributed by atoms with van der Waals surface area (Å²) in [6.07, 6.45) is 1.04. The van der Waals surface area contributed by atoms with Gasteiger partial charge in [-0.05, 0) is 17.7 Å². The van der Waals surface area contributed by atoms with E-state index in [1.54, 1.807) is 24.3 Å². The highest BCUT2D eigenvalue weighted by molar-refractivity contribution is 7.92. The summed E-state index contributed by atoms with van der Waals surface area (Å²) in [6, 6.07) is 12.2. The van der Waals surface area contributed by atoms with E-state index in [-0.39, 0.29) is 24.6 Å². The molecule has 0 fully saturated rings. The van der Waals surface area contributed by atoms with Crippen molar-refractivity contribution in [3.05, 3.63) is 64.2 Å². The van der Waals surface area contributed by atoms with Gasteiger partial charge in [0, 0.05) is 12.6 Å². The monoisotopic (exact) mass is 379 g/mol. The van der Waals surface area contributed by atoms with Gasteiger partial charge in [0.05, 0.1) is 22.9 Å². The number of non-ortho nitro benzene ring substituents is 1. The number of hydrogen-bond donors (Lipinski definition) is 2. The number of anilines is 1. The number of ether oxygens (including phenoxy) is 1. The lowest BCUT2D eigenvalue weighted by Crippen LogP contribution is -2.28. The third kappa shape index (κ3) is 6.06. The number of carbonyl (C=O) groups is 1. The highest BCUT2D eigenvalue weighted by Gasteiger charge is 2.10. The number of rotatable bonds is 8. The van der Waals surface area contributed by atoms with Crippen LogP contribution in [0.5, 0.6) is 5.75 Å². The number of nitrogens with zero attached hydrogens (tertiary/aromatic N) is 1. The summed E-state index contributed by atoms with van der Waals surface area (Å²) in [4.78, 5) is 22.0. The molecule has 9 nitrogen and oxygen atoms in total. The third-order valence-electron chi connectivity index (χ3n) is 3.19. The molecule has 138 valence electrons. The Kier molecular flexibility index (Phi) is 6.12. The Labute approximate surface area is 150 Å². The topological polar surface area (TPSA) is 128 Å². The Morgan fingerprint density at radius 2 is 1.92 bits per heavy atom. The first-order valence-electron chi connectivity index (χ1n) is 7.44. The van der Waals surface area contributed by atoms with Gasteiger partial charge in [-0.25, -0.2) is 8.42 Å². The highest BCUT2D eigenvalue weighted by atomic mass is 32.2. The Hall–Kier alpha value is -3.14. The Morgan fingerprint density at radius 1 is 1.19 bits per heavy atom. The van der Waals surface area contributed by atoms with Gasteiger partial charge in [-0.15, -0.1) is 0 Å². The van der Waals surface area contributed by atoms with Crippen LogP contribution in [0.25, 0.3) is 0 Å². The molecule has 0 aliphatic rings. The number of amides is 1. The molecule has 0 bridgehead atoms. The third-order valence-corrected chi connectivity index (χ3v) is 3.78. The number of para-hydroxylation sites is 1. The Balaban J connectivity index is 1.92. The van der Waals surface area contributed by atoms with Crippen LogP contribution in [0.1, 0.15) is 5.56 Å². The van der Waals surface area contributed by atoms with Crippen molar-refractivity contribution in [2.75, 3.05) is 17.6 Å². The molecular formula is C16H17N3O6S. The maximum absolute atomic E-state index is 11.9. The summed E-state index contributed by atoms with van der Waals surface area (Å²) in [5.74, 6) is -0.251. The van der Waals surface area contributed by atoms with E-state index in [1.807, 2.05) is 0 Å². The van der Waals surface area contributed by atoms with Crippen LogP contribution in [0.3, 0.4) is 0 Å². The number of sulfonamides is 1. The first-order valence-corrected chi connectivity index (χ1v) is 9.33. The molecule has 10 heteroatoms. The van der Waals surface area contributed by atoms with Crippen molar-refractivity contribution in [3.8, 4) is 5.75 Å². The van der Waals surface area contributed by atoms with Crippen molar-refractivity contribution >= 4 is 27.3 Å². The van der Waals surface area contributed by atoms with Crippen LogP contribution < -0.4 is 14.8 Å². The summed E-state index contributed by atoms with van der Waals surface area (Å²) in [5, 5.41) is 13.3. The molecule has 0 aromatic heterocycles. The molecule has 2 aromatic rings. The SMILES string of the molecule is CS(=O)(=O)Nc1ccccc1CNC(=O)COc1cccc([N+](=O)[O-])c1. The van der Waals surface area contributed by atoms with Gasteiger partial charge in [0.2, 0.25) is 10.0 Å². The van der Waals surface area contributed by atoms with E-state index in [4.69, 9.17) is 4.74 Å². The van der Waals surface area contributed by atoms with Gasteiger partial charge in [-0.3, -0.25) is 19.6 Å². The standard InChI is InChI=1S/C16H17N3O6S/c1-26(23,24)18-15-8-3-2-5-12(15)10-17-16(20)11-25-14-7-4-6-13(9-14)19(21)22/h2-9,18H,10-11H2,1H3,(H,17,20). The second-order valence-corrected chi connectivity index (χ2v) is 7.10. The fourth-order valence-corrected chi connectivity index (χ4v) is 2.65. The molecule has 0 aliphatic carbocycles. The lowest BCUT2D eigenvalue weighted by atomic mass is 10.2. The number of nitro benzene ring substituents is 1. The quantitative estimate of drug-likeness (QED) is 0.530. The number of nitro groups is 1. The Morgan fingerprint density at radius 3 is 2.62 bits per heavy atom. The number of nitrogens with one attached hydrogen (secondary N) is 2. The van der Waals surface area contributed by atoms with Gasteiger partial charge in [-0.1, -0.05) is 24.3 Å². The second-order valence-electron chi connectivity index (χ2n) is 5.35. The smallest absolute Gasteiger partial charge is 0.273 e. The fourth-order valence-electron chi connectivity index (χ4n) is 2.05. The zero-order valence-corrected chi connectivity index (χ0v) is 14.7. The second kappa shape index (κ2) is 8.30. The minimum Gasteiger partial charge on any atom is -0.484 e. The van der Waals surface area contributed by atoms with Gasteiger partial charge in [0.25, 0.3) is 11.6 Å². The molecule has 2 aromatic carbocycles. The van der Waals surface area contributed by atoms with E-state index in [1.165, 1.54) is 24.3 Å². The van der Waals surface area contributed by atoms with Crippen molar-refractivity contribution in [1.29, 1.82) is 0 Å². The summed E-state index contributed by atoms with van der Waals surface area (Å²) in [5.41, 5.74) is 0.820. The van der Waals surface area contributed by atoms with Crippen LogP contribution in [-0.2, 0) is 21.4 Å². The van der Waals surface area contributed by atoms with E-state index in [0.717, 1.165) is 6.26 Å². The van der Waals surface area contributed by atoms with Crippen LogP contribution in [0.4, 0.5) is 11.4 Å². The van der Waals surface area contributed by atoms with Gasteiger partial charge in [-0.2, -0.15) is 0 Å². The first kappa shape index (κ1) is 19.2. The van der Waals surface area contributed by atoms with Crippen LogP contribution in [0.2, 0.25) is 0 Å². The maximum Gasteiger partial charge on any atom is 0.273 e. The van der Waals surface area contributed by atoms with E-state index in [0.29, 0.717) is 11.3 Å². The van der Waals surface area contributed by atoms with E-state index >= 15 is 0 Å². The largest absolute Gasteiger partial charge is 0.484 e. The molecule has 0 atom stereocenters. The van der Waals surface area contributed by atoms with Gasteiger partial charge in [0.1, 0.15) is 5.75 Å². The minimum absolute atomic E-state index is 0.0931. The van der Waals surface area contributed by atoms with Crippen molar-refractivity contribution in [2.45, 2.75) is 6.54 Å². The summed E-state index contributed by atoms with van der Waals surface area (Å²) < 4.78 is 30.3. The van der Waals surface area contributed by atoms with Crippen molar-refractivity contribution in [1.82, 2.24) is 5.32 Å². The molecule has 0 heterocycles. The predicted molar refractivity (Wildman–Crippen MR) is 95.3 cm³/mol. The average molecular weight is 379 g/mol. The number of carbonyl (C=O) groups excluding carboxylic acids is 1. The van der Waals surface area contributed by atoms with Crippen LogP contribution >= 0.6 is 0 Å². The molecule has 0 radical (unpaired) electrons. The van der Waals surface area contributed by atoms with Gasteiger partial charge >= 0.3 is 0 Å². The molecule has 2 rings (SSSR count). The first-order chi connectivity index (χ1) is 12.2. The summed E-state index contributed by atoms with van der Waals surface area (Å²) in [6.45, 7) is -0.237. The lowest BCUT2D eigenvalue weighted by molar-refractivity contribution is -0.384. The molecule has 0 aliphatic heterocycles. The maximum atomic E-state index is 11.9. The lowest BCUT2D eigenvalue weighted by Gasteiger charge is -2.12. The molecule has 2 N–H and O–H groups in total. The molecule has 0 saturated carbocycles. The molecular weight excluding hydrogens is 362 g/mol. The molecule has 1 amide bonds. The van der Waals surface area contributed by atoms with Gasteiger partial charge in [0.15, 0.2) is 6.61 Å². The zero-order chi connectivity index (χ0) is 19.2. The predicted octanol–water partition coefficient (Wildman–Crippen LogP) is 1.66. The van der Waals surface area contributed by atoms with Crippen LogP contribution in [0, 0.1) is 10.1 Å². The fraction of sp³-hybridized carbons (Fsp3) is 0.188. The van der Waals surface area contributed by atoms with Crippen LogP contribution in [0.15, 0.2) is 48.5 Å².